The fourth-order valence-electron chi connectivity index (χ4n) is 2.85. The predicted octanol–water partition coefficient (Wildman–Crippen LogP) is -0.485. The van der Waals surface area contributed by atoms with Gasteiger partial charge in [-0.05, 0) is 18.9 Å². The molecule has 3 heterocycles. The Kier molecular flexibility index (Phi) is 4.03. The van der Waals surface area contributed by atoms with Crippen molar-refractivity contribution in [1.29, 1.82) is 0 Å². The molecular weight excluding hydrogens is 342 g/mol. The van der Waals surface area contributed by atoms with Crippen molar-refractivity contribution in [3.8, 4) is 0 Å². The van der Waals surface area contributed by atoms with Crippen LogP contribution in [0.3, 0.4) is 0 Å². The van der Waals surface area contributed by atoms with E-state index in [2.05, 4.69) is 14.3 Å². The Balaban J connectivity index is 1.77. The van der Waals surface area contributed by atoms with Crippen molar-refractivity contribution in [2.24, 2.45) is 10.7 Å². The van der Waals surface area contributed by atoms with Gasteiger partial charge in [0.05, 0.1) is 17.6 Å². The van der Waals surface area contributed by atoms with Gasteiger partial charge in [-0.25, -0.2) is 4.79 Å². The van der Waals surface area contributed by atoms with Crippen LogP contribution in [0.1, 0.15) is 23.2 Å². The summed E-state index contributed by atoms with van der Waals surface area (Å²) in [6, 6.07) is -0.388. The van der Waals surface area contributed by atoms with E-state index < -0.39 is 34.4 Å². The van der Waals surface area contributed by atoms with E-state index in [0.717, 1.165) is 0 Å². The van der Waals surface area contributed by atoms with Crippen molar-refractivity contribution in [2.75, 3.05) is 6.54 Å². The molecule has 1 aromatic heterocycles. The van der Waals surface area contributed by atoms with Crippen molar-refractivity contribution >= 4 is 28.2 Å². The molecule has 24 heavy (non-hydrogen) atoms. The van der Waals surface area contributed by atoms with Crippen molar-refractivity contribution in [1.82, 2.24) is 14.9 Å². The number of amidine groups is 1. The summed E-state index contributed by atoms with van der Waals surface area (Å²) < 4.78 is 34.7. The third kappa shape index (κ3) is 3.11. The average molecular weight is 357 g/mol. The van der Waals surface area contributed by atoms with E-state index in [-0.39, 0.29) is 12.4 Å². The molecule has 2 aliphatic heterocycles. The number of nitrogens with one attached hydrogen (secondary N) is 1. The number of fused-ring (bicyclic) bond motifs is 2. The van der Waals surface area contributed by atoms with Crippen LogP contribution < -0.4 is 5.73 Å². The van der Waals surface area contributed by atoms with Crippen LogP contribution in [0.2, 0.25) is 0 Å². The van der Waals surface area contributed by atoms with E-state index in [1.807, 2.05) is 0 Å². The fourth-order valence-corrected chi connectivity index (χ4v) is 3.24. The summed E-state index contributed by atoms with van der Waals surface area (Å²) >= 11 is 0. The number of piperidine rings is 1. The van der Waals surface area contributed by atoms with Crippen LogP contribution in [0.4, 0.5) is 4.79 Å². The molecule has 2 fully saturated rings. The van der Waals surface area contributed by atoms with E-state index in [9.17, 15) is 18.0 Å². The number of aromatic amines is 1. The number of nitrogens with zero attached hydrogens (tertiary/aromatic N) is 3. The maximum absolute atomic E-state index is 12.2. The summed E-state index contributed by atoms with van der Waals surface area (Å²) in [7, 11) is -4.81. The van der Waals surface area contributed by atoms with Gasteiger partial charge in [-0.3, -0.25) is 9.35 Å². The molecule has 12 heteroatoms. The fraction of sp³-hybridized carbons (Fsp3) is 0.417. The molecule has 130 valence electrons. The molecule has 1 aromatic rings. The number of hydroxylamine groups is 2. The van der Waals surface area contributed by atoms with Gasteiger partial charge in [-0.15, -0.1) is 4.28 Å². The maximum Gasteiger partial charge on any atom is 0.418 e. The second-order valence-electron chi connectivity index (χ2n) is 5.45. The smallest absolute Gasteiger partial charge is 0.385 e. The van der Waals surface area contributed by atoms with E-state index in [4.69, 9.17) is 10.3 Å². The minimum atomic E-state index is -4.81. The summed E-state index contributed by atoms with van der Waals surface area (Å²) in [4.78, 5) is 32.0. The topological polar surface area (TPSA) is 158 Å². The van der Waals surface area contributed by atoms with Gasteiger partial charge in [-0.1, -0.05) is 0 Å². The third-order valence-corrected chi connectivity index (χ3v) is 4.26. The molecule has 2 atom stereocenters. The number of aliphatic imine (C=N–C) groups is 1. The largest absolute Gasteiger partial charge is 0.418 e. The molecule has 3 amide bonds. The molecule has 2 aliphatic rings. The Morgan fingerprint density at radius 2 is 2.21 bits per heavy atom. The van der Waals surface area contributed by atoms with Gasteiger partial charge in [0, 0.05) is 18.9 Å². The molecule has 11 nitrogen and oxygen atoms in total. The summed E-state index contributed by atoms with van der Waals surface area (Å²) in [6.45, 7) is 0.160. The highest BCUT2D eigenvalue weighted by Gasteiger charge is 2.48. The average Bonchev–Trinajstić information content (AvgIpc) is 3.11. The first-order valence-electron chi connectivity index (χ1n) is 7.04. The lowest BCUT2D eigenvalue weighted by molar-refractivity contribution is -0.0316. The number of urea groups is 1. The van der Waals surface area contributed by atoms with E-state index in [0.29, 0.717) is 23.5 Å². The molecule has 3 rings (SSSR count). The highest BCUT2D eigenvalue weighted by molar-refractivity contribution is 7.80. The van der Waals surface area contributed by atoms with Crippen LogP contribution in [-0.4, -0.2) is 64.3 Å². The van der Waals surface area contributed by atoms with Gasteiger partial charge >= 0.3 is 16.4 Å². The number of hydrogen-bond donors (Lipinski definition) is 3. The molecule has 0 saturated carbocycles. The number of nitrogens with two attached hydrogens (primary N) is 1. The van der Waals surface area contributed by atoms with Crippen LogP contribution >= 0.6 is 0 Å². The number of carbonyl (C=O) groups excluding carboxylic acids is 2. The molecular formula is C12H15N5O6S. The van der Waals surface area contributed by atoms with Gasteiger partial charge in [0.15, 0.2) is 0 Å². The zero-order valence-electron chi connectivity index (χ0n) is 12.3. The molecule has 2 saturated heterocycles. The minimum absolute atomic E-state index is 0.0401. The van der Waals surface area contributed by atoms with E-state index in [1.165, 1.54) is 11.1 Å². The lowest BCUT2D eigenvalue weighted by atomic mass is 10.00. The molecule has 2 bridgehead atoms. The quantitative estimate of drug-likeness (QED) is 0.373. The molecule has 0 unspecified atom stereocenters. The summed E-state index contributed by atoms with van der Waals surface area (Å²) in [5, 5.41) is 0.608. The van der Waals surface area contributed by atoms with E-state index in [1.54, 1.807) is 12.3 Å². The Labute approximate surface area is 137 Å². The minimum Gasteiger partial charge on any atom is -0.385 e. The highest BCUT2D eigenvalue weighted by Crippen LogP contribution is 2.30. The second kappa shape index (κ2) is 5.89. The Hall–Kier alpha value is -2.44. The van der Waals surface area contributed by atoms with Crippen molar-refractivity contribution in [3.05, 3.63) is 24.0 Å². The monoisotopic (exact) mass is 357 g/mol. The van der Waals surface area contributed by atoms with Crippen LogP contribution in [0.25, 0.3) is 0 Å². The van der Waals surface area contributed by atoms with Crippen LogP contribution in [-0.2, 0) is 14.7 Å². The standard InChI is InChI=1S/C12H15N5O6S/c13-10(15-11(18)7-3-4-14-5-7)9-2-1-8-6-16(9)12(19)17(8)23-24(20,21)22/h3-5,8-9,14H,1-2,6H2,(H2,13,15,18)(H,20,21,22)/t8-,9+/m1/s1. The van der Waals surface area contributed by atoms with Gasteiger partial charge < -0.3 is 15.6 Å². The first kappa shape index (κ1) is 16.4. The lowest BCUT2D eigenvalue weighted by Gasteiger charge is -2.29. The summed E-state index contributed by atoms with van der Waals surface area (Å²) in [5.74, 6) is -0.588. The van der Waals surface area contributed by atoms with Crippen molar-refractivity contribution in [3.63, 3.8) is 0 Å². The molecule has 0 aromatic carbocycles. The molecule has 0 spiro atoms. The zero-order valence-corrected chi connectivity index (χ0v) is 13.1. The van der Waals surface area contributed by atoms with E-state index >= 15 is 0 Å². The number of aromatic nitrogens is 1. The van der Waals surface area contributed by atoms with Gasteiger partial charge in [0.25, 0.3) is 5.91 Å². The second-order valence-corrected chi connectivity index (χ2v) is 6.46. The first-order valence-corrected chi connectivity index (χ1v) is 8.41. The molecule has 4 N–H and O–H groups in total. The Morgan fingerprint density at radius 3 is 2.83 bits per heavy atom. The number of carbonyl (C=O) groups is 2. The molecule has 0 radical (unpaired) electrons. The SMILES string of the molecule is NC(=NC(=O)c1cc[nH]c1)[C@@H]1CC[C@@H]2CN1C(=O)N2OS(=O)(=O)O. The Morgan fingerprint density at radius 1 is 1.46 bits per heavy atom. The normalized spacial score (nSPS) is 24.5. The first-order chi connectivity index (χ1) is 11.3. The highest BCUT2D eigenvalue weighted by atomic mass is 32.3. The zero-order chi connectivity index (χ0) is 17.5. The number of hydrogen-bond acceptors (Lipinski definition) is 5. The van der Waals surface area contributed by atoms with Crippen LogP contribution in [0.15, 0.2) is 23.5 Å². The summed E-state index contributed by atoms with van der Waals surface area (Å²) in [6.07, 6.45) is 3.81. The van der Waals surface area contributed by atoms with Crippen LogP contribution in [0.5, 0.6) is 0 Å². The maximum atomic E-state index is 12.2. The predicted molar refractivity (Wildman–Crippen MR) is 80.1 cm³/mol. The number of amides is 3. The van der Waals surface area contributed by atoms with Gasteiger partial charge in [0.1, 0.15) is 5.84 Å². The van der Waals surface area contributed by atoms with Gasteiger partial charge in [-0.2, -0.15) is 18.5 Å². The number of H-pyrrole nitrogens is 1. The molecule has 0 aliphatic carbocycles. The summed E-state index contributed by atoms with van der Waals surface area (Å²) in [5.41, 5.74) is 6.20. The third-order valence-electron chi connectivity index (χ3n) is 3.91. The van der Waals surface area contributed by atoms with Gasteiger partial charge in [0.2, 0.25) is 0 Å². The van der Waals surface area contributed by atoms with Crippen molar-refractivity contribution < 1.29 is 26.8 Å². The lowest BCUT2D eigenvalue weighted by Crippen LogP contribution is -2.48. The number of rotatable bonds is 4. The van der Waals surface area contributed by atoms with Crippen molar-refractivity contribution in [2.45, 2.75) is 24.9 Å². The Bertz CT molecular complexity index is 789. The van der Waals surface area contributed by atoms with Crippen LogP contribution in [0, 0.1) is 0 Å².